The molecule has 301 valence electrons. The second-order valence-corrected chi connectivity index (χ2v) is 27.6. The SMILES string of the molecule is CCC(C)(CC)C(C)c1cc(-c2[c-]cccc2)nc[c]1[Ge]([CH3])([CH3])[CH3].Cc1c[c-]c(-c2nc3ccnc(C)c3n2C(C)C)c2oc3nc(-c4ccccc4)ccc3c12.[Ir]. The summed E-state index contributed by atoms with van der Waals surface area (Å²) in [6, 6.07) is 35.8. The monoisotopic (exact) mass is 1010 g/mol. The summed E-state index contributed by atoms with van der Waals surface area (Å²) in [5.41, 5.74) is 12.2. The Bertz CT molecular complexity index is 2670. The number of hydrogen-bond donors (Lipinski definition) is 0. The predicted molar refractivity (Wildman–Crippen MR) is 241 cm³/mol. The van der Waals surface area contributed by atoms with Gasteiger partial charge in [0.25, 0.3) is 0 Å². The van der Waals surface area contributed by atoms with Crippen LogP contribution in [0, 0.1) is 31.4 Å². The number of pyridine rings is 3. The molecule has 0 N–H and O–H groups in total. The maximum Gasteiger partial charge on any atom is 0.216 e. The summed E-state index contributed by atoms with van der Waals surface area (Å²) >= 11 is -1.98. The van der Waals surface area contributed by atoms with E-state index in [9.17, 15) is 0 Å². The minimum absolute atomic E-state index is 0. The first kappa shape index (κ1) is 43.2. The predicted octanol–water partition coefficient (Wildman–Crippen LogP) is 13.1. The Morgan fingerprint density at radius 2 is 1.57 bits per heavy atom. The Balaban J connectivity index is 0.000000203. The Kier molecular flexibility index (Phi) is 13.0. The molecule has 0 aliphatic carbocycles. The Morgan fingerprint density at radius 3 is 2.22 bits per heavy atom. The molecule has 6 nitrogen and oxygen atoms in total. The van der Waals surface area contributed by atoms with E-state index in [1.54, 1.807) is 4.40 Å². The largest absolute Gasteiger partial charge is 0.486 e. The van der Waals surface area contributed by atoms with Crippen LogP contribution in [0.5, 0.6) is 0 Å². The number of nitrogens with zero attached hydrogens (tertiary/aromatic N) is 5. The number of hydrogen-bond acceptors (Lipinski definition) is 5. The van der Waals surface area contributed by atoms with Crippen LogP contribution in [-0.4, -0.2) is 37.8 Å². The summed E-state index contributed by atoms with van der Waals surface area (Å²) in [5, 5.41) is 2.06. The summed E-state index contributed by atoms with van der Waals surface area (Å²) in [4.78, 5) is 19.2. The van der Waals surface area contributed by atoms with Crippen LogP contribution in [-0.2, 0) is 20.1 Å². The minimum atomic E-state index is -1.98. The average Bonchev–Trinajstić information content (AvgIpc) is 3.81. The van der Waals surface area contributed by atoms with Crippen molar-refractivity contribution >= 4 is 50.8 Å². The van der Waals surface area contributed by atoms with Crippen molar-refractivity contribution in [2.45, 2.75) is 97.5 Å². The van der Waals surface area contributed by atoms with Crippen molar-refractivity contribution in [1.29, 1.82) is 0 Å². The van der Waals surface area contributed by atoms with Crippen molar-refractivity contribution in [2.24, 2.45) is 5.41 Å². The molecule has 0 aliphatic heterocycles. The molecule has 5 aromatic heterocycles. The summed E-state index contributed by atoms with van der Waals surface area (Å²) in [6.45, 7) is 17.9. The van der Waals surface area contributed by atoms with Crippen LogP contribution in [0.15, 0.2) is 102 Å². The van der Waals surface area contributed by atoms with Gasteiger partial charge in [-0.2, -0.15) is 0 Å². The molecule has 0 saturated heterocycles. The molecule has 1 atom stereocenters. The fourth-order valence-corrected chi connectivity index (χ4v) is 11.5. The molecule has 5 heterocycles. The van der Waals surface area contributed by atoms with Crippen LogP contribution in [0.25, 0.3) is 67.0 Å². The van der Waals surface area contributed by atoms with Crippen LogP contribution < -0.4 is 4.40 Å². The van der Waals surface area contributed by atoms with Gasteiger partial charge in [-0.05, 0) is 39.0 Å². The van der Waals surface area contributed by atoms with Crippen LogP contribution >= 0.6 is 0 Å². The van der Waals surface area contributed by atoms with Crippen molar-refractivity contribution in [1.82, 2.24) is 24.5 Å². The summed E-state index contributed by atoms with van der Waals surface area (Å²) in [7, 11) is 0. The van der Waals surface area contributed by atoms with E-state index in [2.05, 4.69) is 136 Å². The number of rotatable bonds is 9. The second-order valence-electron chi connectivity index (χ2n) is 17.0. The first-order valence-corrected chi connectivity index (χ1v) is 27.7. The summed E-state index contributed by atoms with van der Waals surface area (Å²) in [5.74, 6) is 8.78. The van der Waals surface area contributed by atoms with Gasteiger partial charge in [-0.25, -0.2) is 4.98 Å². The van der Waals surface area contributed by atoms with Crippen LogP contribution in [0.1, 0.15) is 83.2 Å². The average molecular weight is 1010 g/mol. The Morgan fingerprint density at radius 1 is 0.845 bits per heavy atom. The van der Waals surface area contributed by atoms with Crippen molar-refractivity contribution in [3.63, 3.8) is 0 Å². The number of imidazole rings is 1. The third-order valence-electron chi connectivity index (χ3n) is 12.1. The quantitative estimate of drug-likeness (QED) is 0.106. The fourth-order valence-electron chi connectivity index (χ4n) is 8.08. The number of benzene rings is 3. The zero-order chi connectivity index (χ0) is 40.6. The van der Waals surface area contributed by atoms with Gasteiger partial charge in [0, 0.05) is 43.3 Å². The zero-order valence-corrected chi connectivity index (χ0v) is 40.3. The van der Waals surface area contributed by atoms with E-state index in [0.717, 1.165) is 72.5 Å². The van der Waals surface area contributed by atoms with Gasteiger partial charge in [-0.3, -0.25) is 9.97 Å². The van der Waals surface area contributed by atoms with Gasteiger partial charge in [0.15, 0.2) is 0 Å². The maximum absolute atomic E-state index is 6.43. The number of fused-ring (bicyclic) bond motifs is 4. The van der Waals surface area contributed by atoms with Gasteiger partial charge in [0.2, 0.25) is 5.71 Å². The number of aromatic nitrogens is 5. The molecule has 58 heavy (non-hydrogen) atoms. The Labute approximate surface area is 360 Å². The van der Waals surface area contributed by atoms with E-state index in [4.69, 9.17) is 19.4 Å². The van der Waals surface area contributed by atoms with E-state index in [-0.39, 0.29) is 26.1 Å². The molecule has 0 amide bonds. The van der Waals surface area contributed by atoms with Gasteiger partial charge < -0.3 is 8.98 Å². The fraction of sp³-hybridized carbons (Fsp3) is 0.320. The van der Waals surface area contributed by atoms with E-state index in [0.29, 0.717) is 17.0 Å². The van der Waals surface area contributed by atoms with Crippen molar-refractivity contribution in [3.8, 4) is 33.9 Å². The molecule has 0 fully saturated rings. The topological polar surface area (TPSA) is 69.6 Å². The maximum atomic E-state index is 6.43. The van der Waals surface area contributed by atoms with Gasteiger partial charge in [0.1, 0.15) is 0 Å². The summed E-state index contributed by atoms with van der Waals surface area (Å²) < 4.78 is 10.2. The van der Waals surface area contributed by atoms with Gasteiger partial charge in [-0.1, -0.05) is 48.2 Å². The smallest absolute Gasteiger partial charge is 0.216 e. The van der Waals surface area contributed by atoms with E-state index in [1.807, 2.05) is 55.6 Å². The molecule has 0 spiro atoms. The molecule has 8 heteroatoms. The summed E-state index contributed by atoms with van der Waals surface area (Å²) in [6.07, 6.45) is 6.39. The number of furan rings is 1. The molecule has 3 aromatic carbocycles. The van der Waals surface area contributed by atoms with Gasteiger partial charge in [-0.15, -0.1) is 17.7 Å². The van der Waals surface area contributed by atoms with E-state index in [1.165, 1.54) is 18.4 Å². The van der Waals surface area contributed by atoms with E-state index < -0.39 is 13.3 Å². The molecule has 0 bridgehead atoms. The van der Waals surface area contributed by atoms with E-state index >= 15 is 0 Å². The van der Waals surface area contributed by atoms with Crippen LogP contribution in [0.2, 0.25) is 17.3 Å². The van der Waals surface area contributed by atoms with Gasteiger partial charge in [0.05, 0.1) is 33.8 Å². The molecule has 1 unspecified atom stereocenters. The number of aryl methyl sites for hydroxylation is 2. The molecule has 8 rings (SSSR count). The standard InChI is InChI=1S/C28H23N4O.C22H32GeN.Ir/c1-16(2)32-25-18(4)29-15-14-23(25)30-27(32)21-11-10-17(3)24-20-12-13-22(19-8-6-5-7-9-19)31-28(20)33-26(21)24;1-8-22(4,9-2)17(3)19-15-21(18-13-11-10-12-14-18)24-16-20(19)23(5,6)7;/h5-10,12-16H,1-4H3;10-13,15-17H,8-9H2,1-7H3;/q2*-1;. The molecule has 0 aliphatic rings. The first-order chi connectivity index (χ1) is 27.3. The third kappa shape index (κ3) is 8.23. The van der Waals surface area contributed by atoms with Crippen molar-refractivity contribution < 1.29 is 24.5 Å². The molecule has 1 radical (unpaired) electrons. The van der Waals surface area contributed by atoms with Gasteiger partial charge >= 0.3 is 151 Å². The van der Waals surface area contributed by atoms with Crippen molar-refractivity contribution in [2.75, 3.05) is 0 Å². The molecular weight excluding hydrogens is 951 g/mol. The normalized spacial score (nSPS) is 12.5. The Hall–Kier alpha value is -4.43. The molecule has 0 saturated carbocycles. The van der Waals surface area contributed by atoms with Crippen molar-refractivity contribution in [3.05, 3.63) is 126 Å². The minimum Gasteiger partial charge on any atom is -0.486 e. The second kappa shape index (κ2) is 17.4. The zero-order valence-electron chi connectivity index (χ0n) is 35.8. The molecule has 8 aromatic rings. The molecular formula is C50H55GeIrN5O-2. The third-order valence-corrected chi connectivity index (χ3v) is 16.3. The van der Waals surface area contributed by atoms with Crippen LogP contribution in [0.3, 0.4) is 0 Å². The first-order valence-electron chi connectivity index (χ1n) is 20.4. The van der Waals surface area contributed by atoms with Crippen LogP contribution in [0.4, 0.5) is 0 Å².